The molecule has 0 spiro atoms. The van der Waals surface area contributed by atoms with Gasteiger partial charge in [0.1, 0.15) is 17.5 Å². The number of fused-ring (bicyclic) bond motifs is 1. The van der Waals surface area contributed by atoms with E-state index in [9.17, 15) is 0 Å². The van der Waals surface area contributed by atoms with Crippen LogP contribution in [-0.4, -0.2) is 44.7 Å². The minimum absolute atomic E-state index is 0.265. The molecule has 1 aromatic rings. The van der Waals surface area contributed by atoms with Crippen molar-refractivity contribution in [3.05, 3.63) is 18.2 Å². The van der Waals surface area contributed by atoms with Crippen molar-refractivity contribution >= 4 is 11.4 Å². The fourth-order valence-corrected chi connectivity index (χ4v) is 2.26. The van der Waals surface area contributed by atoms with Crippen molar-refractivity contribution in [2.24, 2.45) is 0 Å². The summed E-state index contributed by atoms with van der Waals surface area (Å²) in [5.41, 5.74) is 7.96. The summed E-state index contributed by atoms with van der Waals surface area (Å²) < 4.78 is 5.96. The number of nitrogens with zero attached hydrogens (tertiary/aromatic N) is 2. The van der Waals surface area contributed by atoms with E-state index < -0.39 is 0 Å². The van der Waals surface area contributed by atoms with Crippen molar-refractivity contribution in [2.45, 2.75) is 19.4 Å². The highest BCUT2D eigenvalue weighted by atomic mass is 16.5. The molecule has 0 amide bonds. The third-order valence-electron chi connectivity index (χ3n) is 3.34. The van der Waals surface area contributed by atoms with E-state index in [1.807, 2.05) is 18.2 Å². The van der Waals surface area contributed by atoms with Crippen molar-refractivity contribution < 1.29 is 4.74 Å². The molecule has 0 fully saturated rings. The van der Waals surface area contributed by atoms with Crippen molar-refractivity contribution in [1.29, 1.82) is 0 Å². The molecule has 0 radical (unpaired) electrons. The molecule has 2 rings (SSSR count). The molecule has 0 aliphatic carbocycles. The Hall–Kier alpha value is -1.42. The van der Waals surface area contributed by atoms with Crippen LogP contribution in [0.4, 0.5) is 11.4 Å². The Morgan fingerprint density at radius 1 is 1.44 bits per heavy atom. The van der Waals surface area contributed by atoms with E-state index in [-0.39, 0.29) is 6.10 Å². The molecule has 2 N–H and O–H groups in total. The maximum Gasteiger partial charge on any atom is 0.145 e. The van der Waals surface area contributed by atoms with Crippen molar-refractivity contribution in [1.82, 2.24) is 4.90 Å². The fraction of sp³-hybridized carbons (Fsp3) is 0.571. The normalized spacial score (nSPS) is 18.7. The number of nitrogens with two attached hydrogens (primary N) is 1. The highest BCUT2D eigenvalue weighted by Crippen LogP contribution is 2.38. The average molecular weight is 249 g/mol. The summed E-state index contributed by atoms with van der Waals surface area (Å²) in [6, 6.07) is 5.91. The summed E-state index contributed by atoms with van der Waals surface area (Å²) in [7, 11) is 4.18. The van der Waals surface area contributed by atoms with Crippen LogP contribution in [0.25, 0.3) is 0 Å². The maximum absolute atomic E-state index is 6.09. The summed E-state index contributed by atoms with van der Waals surface area (Å²) in [4.78, 5) is 4.54. The lowest BCUT2D eigenvalue weighted by atomic mass is 10.1. The molecule has 0 bridgehead atoms. The number of nitrogen functional groups attached to an aromatic ring is 1. The number of anilines is 2. The van der Waals surface area contributed by atoms with E-state index >= 15 is 0 Å². The van der Waals surface area contributed by atoms with E-state index in [1.54, 1.807) is 0 Å². The third-order valence-corrected chi connectivity index (χ3v) is 3.34. The molecule has 1 aliphatic heterocycles. The largest absolute Gasteiger partial charge is 0.486 e. The fourth-order valence-electron chi connectivity index (χ4n) is 2.26. The van der Waals surface area contributed by atoms with Crippen molar-refractivity contribution in [3.63, 3.8) is 0 Å². The zero-order valence-electron chi connectivity index (χ0n) is 11.5. The van der Waals surface area contributed by atoms with Gasteiger partial charge in [-0.05, 0) is 32.6 Å². The first-order chi connectivity index (χ1) is 8.61. The smallest absolute Gasteiger partial charge is 0.145 e. The van der Waals surface area contributed by atoms with Crippen LogP contribution in [0.1, 0.15) is 13.3 Å². The zero-order valence-corrected chi connectivity index (χ0v) is 11.5. The minimum Gasteiger partial charge on any atom is -0.486 e. The van der Waals surface area contributed by atoms with Gasteiger partial charge >= 0.3 is 0 Å². The van der Waals surface area contributed by atoms with E-state index in [0.29, 0.717) is 0 Å². The summed E-state index contributed by atoms with van der Waals surface area (Å²) in [6.45, 7) is 5.08. The third kappa shape index (κ3) is 2.70. The van der Waals surface area contributed by atoms with Crippen LogP contribution in [0.5, 0.6) is 5.75 Å². The van der Waals surface area contributed by atoms with Crippen LogP contribution in [0, 0.1) is 0 Å². The van der Waals surface area contributed by atoms with Gasteiger partial charge in [-0.25, -0.2) is 0 Å². The predicted molar refractivity (Wildman–Crippen MR) is 76.3 cm³/mol. The van der Waals surface area contributed by atoms with Gasteiger partial charge in [-0.15, -0.1) is 0 Å². The lowest BCUT2D eigenvalue weighted by Gasteiger charge is -2.37. The number of benzene rings is 1. The number of hydrogen-bond acceptors (Lipinski definition) is 4. The van der Waals surface area contributed by atoms with E-state index in [2.05, 4.69) is 30.8 Å². The summed E-state index contributed by atoms with van der Waals surface area (Å²) in [6.07, 6.45) is 1.29. The quantitative estimate of drug-likeness (QED) is 0.826. The highest BCUT2D eigenvalue weighted by Gasteiger charge is 2.26. The van der Waals surface area contributed by atoms with E-state index in [0.717, 1.165) is 43.2 Å². The van der Waals surface area contributed by atoms with Gasteiger partial charge in [0.2, 0.25) is 0 Å². The molecule has 4 nitrogen and oxygen atoms in total. The lowest BCUT2D eigenvalue weighted by Crippen LogP contribution is -2.43. The number of para-hydroxylation sites is 1. The monoisotopic (exact) mass is 249 g/mol. The predicted octanol–water partition coefficient (Wildman–Crippen LogP) is 1.81. The van der Waals surface area contributed by atoms with Gasteiger partial charge in [-0.2, -0.15) is 0 Å². The van der Waals surface area contributed by atoms with Gasteiger partial charge in [0, 0.05) is 13.1 Å². The van der Waals surface area contributed by atoms with Crippen molar-refractivity contribution in [2.75, 3.05) is 44.4 Å². The SMILES string of the molecule is CCC1CN(CCN(C)C)c2c(N)cccc2O1. The molecule has 1 heterocycles. The molecule has 1 unspecified atom stereocenters. The Morgan fingerprint density at radius 2 is 2.22 bits per heavy atom. The topological polar surface area (TPSA) is 41.7 Å². The van der Waals surface area contributed by atoms with Gasteiger partial charge in [-0.1, -0.05) is 13.0 Å². The number of ether oxygens (including phenoxy) is 1. The summed E-state index contributed by atoms with van der Waals surface area (Å²) in [5, 5.41) is 0. The molecule has 0 aromatic heterocycles. The van der Waals surface area contributed by atoms with E-state index in [1.165, 1.54) is 0 Å². The summed E-state index contributed by atoms with van der Waals surface area (Å²) in [5.74, 6) is 0.923. The van der Waals surface area contributed by atoms with Crippen molar-refractivity contribution in [3.8, 4) is 5.75 Å². The molecule has 18 heavy (non-hydrogen) atoms. The van der Waals surface area contributed by atoms with Crippen LogP contribution in [0.3, 0.4) is 0 Å². The Morgan fingerprint density at radius 3 is 2.89 bits per heavy atom. The molecular formula is C14H23N3O. The lowest BCUT2D eigenvalue weighted by molar-refractivity contribution is 0.188. The summed E-state index contributed by atoms with van der Waals surface area (Å²) >= 11 is 0. The Labute approximate surface area is 109 Å². The standard InChI is InChI=1S/C14H23N3O/c1-4-11-10-17(9-8-16(2)3)14-12(15)6-5-7-13(14)18-11/h5-7,11H,4,8-10,15H2,1-3H3. The molecule has 0 saturated carbocycles. The maximum atomic E-state index is 6.09. The van der Waals surface area contributed by atoms with Crippen LogP contribution < -0.4 is 15.4 Å². The molecule has 1 aromatic carbocycles. The second-order valence-corrected chi connectivity index (χ2v) is 5.09. The Kier molecular flexibility index (Phi) is 3.97. The van der Waals surface area contributed by atoms with E-state index in [4.69, 9.17) is 10.5 Å². The first kappa shape index (κ1) is 13.0. The molecule has 1 aliphatic rings. The van der Waals surface area contributed by atoms with Gasteiger partial charge in [0.25, 0.3) is 0 Å². The number of likely N-dealkylation sites (N-methyl/N-ethyl adjacent to an activating group) is 1. The second kappa shape index (κ2) is 5.48. The molecule has 1 atom stereocenters. The average Bonchev–Trinajstić information content (AvgIpc) is 2.35. The van der Waals surface area contributed by atoms with Crippen LogP contribution >= 0.6 is 0 Å². The van der Waals surface area contributed by atoms with Crippen LogP contribution in [0.15, 0.2) is 18.2 Å². The van der Waals surface area contributed by atoms with Gasteiger partial charge in [-0.3, -0.25) is 0 Å². The highest BCUT2D eigenvalue weighted by molar-refractivity contribution is 5.75. The second-order valence-electron chi connectivity index (χ2n) is 5.09. The number of hydrogen-bond donors (Lipinski definition) is 1. The Balaban J connectivity index is 2.23. The molecule has 4 heteroatoms. The molecule has 100 valence electrons. The Bertz CT molecular complexity index is 406. The van der Waals surface area contributed by atoms with Crippen LogP contribution in [0.2, 0.25) is 0 Å². The number of rotatable bonds is 4. The zero-order chi connectivity index (χ0) is 13.1. The van der Waals surface area contributed by atoms with Crippen LogP contribution in [-0.2, 0) is 0 Å². The molecular weight excluding hydrogens is 226 g/mol. The van der Waals surface area contributed by atoms with Gasteiger partial charge < -0.3 is 20.3 Å². The first-order valence-corrected chi connectivity index (χ1v) is 6.56. The van der Waals surface area contributed by atoms with Gasteiger partial charge in [0.05, 0.1) is 12.2 Å². The molecule has 0 saturated heterocycles. The minimum atomic E-state index is 0.265. The first-order valence-electron chi connectivity index (χ1n) is 6.56. The van der Waals surface area contributed by atoms with Gasteiger partial charge in [0.15, 0.2) is 0 Å².